The Labute approximate surface area is 137 Å². The van der Waals surface area contributed by atoms with E-state index in [0.717, 1.165) is 10.0 Å². The van der Waals surface area contributed by atoms with Crippen LogP contribution in [0.2, 0.25) is 0 Å². The van der Waals surface area contributed by atoms with Crippen molar-refractivity contribution in [2.45, 2.75) is 25.7 Å². The zero-order valence-electron chi connectivity index (χ0n) is 12.1. The van der Waals surface area contributed by atoms with Gasteiger partial charge in [0.25, 0.3) is 0 Å². The number of nitrogens with one attached hydrogen (secondary N) is 1. The van der Waals surface area contributed by atoms with Crippen molar-refractivity contribution >= 4 is 27.8 Å². The molecule has 0 aromatic heterocycles. The summed E-state index contributed by atoms with van der Waals surface area (Å²) in [5, 5.41) is 11.2. The van der Waals surface area contributed by atoms with Crippen LogP contribution in [0.3, 0.4) is 0 Å². The highest BCUT2D eigenvalue weighted by Crippen LogP contribution is 2.34. The molecule has 6 heteroatoms. The summed E-state index contributed by atoms with van der Waals surface area (Å²) in [6.45, 7) is 1.73. The van der Waals surface area contributed by atoms with Gasteiger partial charge < -0.3 is 10.1 Å². The van der Waals surface area contributed by atoms with Gasteiger partial charge in [0.1, 0.15) is 6.61 Å². The van der Waals surface area contributed by atoms with E-state index in [0.29, 0.717) is 11.3 Å². The van der Waals surface area contributed by atoms with Crippen molar-refractivity contribution in [1.29, 1.82) is 5.26 Å². The molecule has 114 valence electrons. The molecule has 0 aliphatic carbocycles. The van der Waals surface area contributed by atoms with E-state index in [9.17, 15) is 9.59 Å². The summed E-state index contributed by atoms with van der Waals surface area (Å²) in [6.07, 6.45) is 0.342. The molecule has 2 rings (SSSR count). The molecule has 0 unspecified atom stereocenters. The van der Waals surface area contributed by atoms with Gasteiger partial charge in [0.15, 0.2) is 0 Å². The lowest BCUT2D eigenvalue weighted by atomic mass is 9.84. The minimum Gasteiger partial charge on any atom is -0.461 e. The normalized spacial score (nSPS) is 17.7. The Hall–Kier alpha value is -2.13. The maximum atomic E-state index is 12.3. The molecule has 1 atom stereocenters. The van der Waals surface area contributed by atoms with Gasteiger partial charge in [0, 0.05) is 22.5 Å². The van der Waals surface area contributed by atoms with Gasteiger partial charge in [0.05, 0.1) is 18.1 Å². The van der Waals surface area contributed by atoms with Gasteiger partial charge >= 0.3 is 5.97 Å². The Bertz CT molecular complexity index is 659. The van der Waals surface area contributed by atoms with Gasteiger partial charge in [-0.05, 0) is 24.6 Å². The highest BCUT2D eigenvalue weighted by atomic mass is 79.9. The average molecular weight is 363 g/mol. The van der Waals surface area contributed by atoms with E-state index < -0.39 is 5.97 Å². The van der Waals surface area contributed by atoms with Crippen LogP contribution in [0.5, 0.6) is 0 Å². The first kappa shape index (κ1) is 16.2. The van der Waals surface area contributed by atoms with Crippen molar-refractivity contribution in [2.24, 2.45) is 0 Å². The van der Waals surface area contributed by atoms with Crippen LogP contribution in [0, 0.1) is 11.3 Å². The molecular weight excluding hydrogens is 348 g/mol. The third-order valence-corrected chi connectivity index (χ3v) is 3.94. The molecule has 0 radical (unpaired) electrons. The summed E-state index contributed by atoms with van der Waals surface area (Å²) >= 11 is 3.37. The molecule has 1 heterocycles. The molecule has 1 amide bonds. The summed E-state index contributed by atoms with van der Waals surface area (Å²) in [7, 11) is 0. The van der Waals surface area contributed by atoms with E-state index in [1.165, 1.54) is 0 Å². The van der Waals surface area contributed by atoms with Crippen molar-refractivity contribution in [3.8, 4) is 6.07 Å². The molecule has 5 nitrogen and oxygen atoms in total. The Balaban J connectivity index is 2.30. The number of carbonyl (C=O) groups excluding carboxylic acids is 2. The van der Waals surface area contributed by atoms with Crippen molar-refractivity contribution in [3.05, 3.63) is 45.6 Å². The minimum atomic E-state index is -0.485. The van der Waals surface area contributed by atoms with Crippen LogP contribution >= 0.6 is 15.9 Å². The highest BCUT2D eigenvalue weighted by molar-refractivity contribution is 9.10. The third-order valence-electron chi connectivity index (χ3n) is 3.41. The Kier molecular flexibility index (Phi) is 5.34. The van der Waals surface area contributed by atoms with Crippen LogP contribution in [0.25, 0.3) is 0 Å². The number of carbonyl (C=O) groups is 2. The van der Waals surface area contributed by atoms with E-state index in [4.69, 9.17) is 10.00 Å². The summed E-state index contributed by atoms with van der Waals surface area (Å²) in [5.74, 6) is -0.948. The van der Waals surface area contributed by atoms with Gasteiger partial charge in [-0.3, -0.25) is 4.79 Å². The second-order valence-electron chi connectivity index (χ2n) is 4.94. The summed E-state index contributed by atoms with van der Waals surface area (Å²) < 4.78 is 6.05. The second-order valence-corrected chi connectivity index (χ2v) is 5.85. The molecule has 1 aromatic rings. The Morgan fingerprint density at radius 3 is 2.77 bits per heavy atom. The van der Waals surface area contributed by atoms with Crippen LogP contribution in [-0.4, -0.2) is 18.5 Å². The molecular formula is C16H15BrN2O3. The summed E-state index contributed by atoms with van der Waals surface area (Å²) in [5.41, 5.74) is 1.83. The molecule has 1 aliphatic heterocycles. The number of nitrogens with zero attached hydrogens (tertiary/aromatic N) is 1. The lowest BCUT2D eigenvalue weighted by Crippen LogP contribution is -2.34. The molecule has 22 heavy (non-hydrogen) atoms. The molecule has 0 fully saturated rings. The summed E-state index contributed by atoms with van der Waals surface area (Å²) in [6, 6.07) is 9.42. The second kappa shape index (κ2) is 7.23. The van der Waals surface area contributed by atoms with E-state index in [1.807, 2.05) is 30.3 Å². The Morgan fingerprint density at radius 1 is 1.45 bits per heavy atom. The average Bonchev–Trinajstić information content (AvgIpc) is 2.47. The first-order chi connectivity index (χ1) is 10.5. The zero-order chi connectivity index (χ0) is 16.1. The van der Waals surface area contributed by atoms with Crippen molar-refractivity contribution < 1.29 is 14.3 Å². The van der Waals surface area contributed by atoms with Crippen molar-refractivity contribution in [2.75, 3.05) is 6.61 Å². The van der Waals surface area contributed by atoms with Gasteiger partial charge in [-0.2, -0.15) is 5.26 Å². The quantitative estimate of drug-likeness (QED) is 0.659. The van der Waals surface area contributed by atoms with E-state index in [-0.39, 0.29) is 31.3 Å². The van der Waals surface area contributed by atoms with Gasteiger partial charge in [0.2, 0.25) is 5.91 Å². The molecule has 1 aromatic carbocycles. The number of allylic oxidation sites excluding steroid dienone is 1. The van der Waals surface area contributed by atoms with E-state index in [1.54, 1.807) is 6.92 Å². The van der Waals surface area contributed by atoms with Crippen LogP contribution in [0.15, 0.2) is 40.0 Å². The highest BCUT2D eigenvalue weighted by Gasteiger charge is 2.32. The number of halogens is 1. The van der Waals surface area contributed by atoms with Crippen molar-refractivity contribution in [1.82, 2.24) is 5.32 Å². The smallest absolute Gasteiger partial charge is 0.336 e. The maximum absolute atomic E-state index is 12.3. The zero-order valence-corrected chi connectivity index (χ0v) is 13.6. The van der Waals surface area contributed by atoms with Gasteiger partial charge in [-0.25, -0.2) is 4.79 Å². The largest absolute Gasteiger partial charge is 0.461 e. The number of esters is 1. The summed E-state index contributed by atoms with van der Waals surface area (Å²) in [4.78, 5) is 24.1. The monoisotopic (exact) mass is 362 g/mol. The third kappa shape index (κ3) is 3.74. The predicted molar refractivity (Wildman–Crippen MR) is 83.5 cm³/mol. The fourth-order valence-corrected chi connectivity index (χ4v) is 2.68. The van der Waals surface area contributed by atoms with Gasteiger partial charge in [-0.1, -0.05) is 28.1 Å². The fraction of sp³-hybridized carbons (Fsp3) is 0.312. The Morgan fingerprint density at radius 2 is 2.14 bits per heavy atom. The van der Waals surface area contributed by atoms with Crippen molar-refractivity contribution in [3.63, 3.8) is 0 Å². The van der Waals surface area contributed by atoms with Gasteiger partial charge in [-0.15, -0.1) is 0 Å². The number of benzene rings is 1. The van der Waals surface area contributed by atoms with E-state index >= 15 is 0 Å². The minimum absolute atomic E-state index is 0.0487. The molecule has 0 bridgehead atoms. The number of amides is 1. The fourth-order valence-electron chi connectivity index (χ4n) is 2.42. The predicted octanol–water partition coefficient (Wildman–Crippen LogP) is 2.78. The van der Waals surface area contributed by atoms with Crippen LogP contribution in [0.4, 0.5) is 0 Å². The van der Waals surface area contributed by atoms with Crippen LogP contribution in [-0.2, 0) is 14.3 Å². The number of hydrogen-bond acceptors (Lipinski definition) is 4. The SMILES string of the molecule is CC1=C(C(=O)OCCC#N)[C@H](c2ccc(Br)cc2)CC(=O)N1. The number of hydrogen-bond donors (Lipinski definition) is 1. The molecule has 1 aliphatic rings. The standard InChI is InChI=1S/C16H15BrN2O3/c1-10-15(16(21)22-8-2-7-18)13(9-14(20)19-10)11-3-5-12(17)6-4-11/h3-6,13H,2,8-9H2,1H3,(H,19,20)/t13-/m0/s1. The maximum Gasteiger partial charge on any atom is 0.336 e. The first-order valence-electron chi connectivity index (χ1n) is 6.83. The number of rotatable bonds is 4. The number of nitriles is 1. The molecule has 0 saturated carbocycles. The lowest BCUT2D eigenvalue weighted by molar-refractivity contribution is -0.139. The van der Waals surface area contributed by atoms with Crippen LogP contribution < -0.4 is 5.32 Å². The molecule has 1 N–H and O–H groups in total. The van der Waals surface area contributed by atoms with E-state index in [2.05, 4.69) is 21.2 Å². The first-order valence-corrected chi connectivity index (χ1v) is 7.62. The lowest BCUT2D eigenvalue weighted by Gasteiger charge is -2.26. The number of ether oxygens (including phenoxy) is 1. The molecule has 0 spiro atoms. The molecule has 0 saturated heterocycles. The van der Waals surface area contributed by atoms with Crippen LogP contribution in [0.1, 0.15) is 31.2 Å². The topological polar surface area (TPSA) is 79.2 Å².